The van der Waals surface area contributed by atoms with Crippen molar-refractivity contribution < 1.29 is 9.90 Å². The van der Waals surface area contributed by atoms with Crippen molar-refractivity contribution in [3.63, 3.8) is 0 Å². The summed E-state index contributed by atoms with van der Waals surface area (Å²) in [7, 11) is 0. The minimum Gasteiger partial charge on any atom is -0.395 e. The Morgan fingerprint density at radius 1 is 1.03 bits per heavy atom. The summed E-state index contributed by atoms with van der Waals surface area (Å²) >= 11 is 1.39. The molecule has 0 atom stereocenters. The van der Waals surface area contributed by atoms with Crippen LogP contribution in [0.3, 0.4) is 0 Å². The lowest BCUT2D eigenvalue weighted by Crippen LogP contribution is -2.49. The van der Waals surface area contributed by atoms with Gasteiger partial charge < -0.3 is 10.0 Å². The maximum Gasteiger partial charge on any atom is 0.233 e. The maximum atomic E-state index is 12.7. The SMILES string of the molecule is O=C(CSc1nnc(-c2cccnc2)n1-c1ccccc1)N1CCN(CCO)CC1. The van der Waals surface area contributed by atoms with E-state index in [1.165, 1.54) is 11.8 Å². The fraction of sp³-hybridized carbons (Fsp3) is 0.333. The molecule has 3 aromatic rings. The van der Waals surface area contributed by atoms with Crippen LogP contribution in [0.4, 0.5) is 0 Å². The van der Waals surface area contributed by atoms with Crippen LogP contribution in [-0.2, 0) is 4.79 Å². The van der Waals surface area contributed by atoms with Gasteiger partial charge in [0.15, 0.2) is 11.0 Å². The number of β-amino-alcohol motifs (C(OH)–C–C–N with tert-alkyl or cyclic N) is 1. The number of benzene rings is 1. The van der Waals surface area contributed by atoms with E-state index in [9.17, 15) is 4.79 Å². The van der Waals surface area contributed by atoms with Crippen molar-refractivity contribution in [3.8, 4) is 17.1 Å². The Balaban J connectivity index is 1.49. The quantitative estimate of drug-likeness (QED) is 0.576. The minimum absolute atomic E-state index is 0.0918. The molecule has 3 heterocycles. The van der Waals surface area contributed by atoms with Crippen molar-refractivity contribution in [2.75, 3.05) is 45.1 Å². The molecule has 0 unspecified atom stereocenters. The van der Waals surface area contributed by atoms with Gasteiger partial charge in [0.2, 0.25) is 5.91 Å². The van der Waals surface area contributed by atoms with E-state index in [0.717, 1.165) is 24.3 Å². The highest BCUT2D eigenvalue weighted by Crippen LogP contribution is 2.27. The Bertz CT molecular complexity index is 958. The van der Waals surface area contributed by atoms with Gasteiger partial charge in [-0.25, -0.2) is 0 Å². The van der Waals surface area contributed by atoms with E-state index in [2.05, 4.69) is 20.1 Å². The van der Waals surface area contributed by atoms with E-state index in [-0.39, 0.29) is 12.5 Å². The number of aliphatic hydroxyl groups is 1. The average Bonchev–Trinajstić information content (AvgIpc) is 3.23. The summed E-state index contributed by atoms with van der Waals surface area (Å²) in [6.07, 6.45) is 3.48. The van der Waals surface area contributed by atoms with Crippen LogP contribution in [0.2, 0.25) is 0 Å². The van der Waals surface area contributed by atoms with Crippen LogP contribution in [0, 0.1) is 0 Å². The number of piperazine rings is 1. The number of pyridine rings is 1. The molecule has 0 aliphatic carbocycles. The first-order chi connectivity index (χ1) is 14.8. The molecule has 0 bridgehead atoms. The number of aromatic nitrogens is 4. The van der Waals surface area contributed by atoms with E-state index in [0.29, 0.717) is 36.4 Å². The summed E-state index contributed by atoms with van der Waals surface area (Å²) in [4.78, 5) is 21.0. The lowest BCUT2D eigenvalue weighted by molar-refractivity contribution is -0.130. The molecular weight excluding hydrogens is 400 g/mol. The van der Waals surface area contributed by atoms with Gasteiger partial charge in [0, 0.05) is 56.4 Å². The molecule has 1 fully saturated rings. The molecule has 156 valence electrons. The number of amides is 1. The van der Waals surface area contributed by atoms with Gasteiger partial charge in [-0.3, -0.25) is 19.2 Å². The zero-order valence-corrected chi connectivity index (χ0v) is 17.4. The van der Waals surface area contributed by atoms with Crippen LogP contribution in [0.1, 0.15) is 0 Å². The zero-order chi connectivity index (χ0) is 20.8. The van der Waals surface area contributed by atoms with Crippen molar-refractivity contribution in [3.05, 3.63) is 54.9 Å². The number of para-hydroxylation sites is 1. The van der Waals surface area contributed by atoms with Crippen LogP contribution in [0.5, 0.6) is 0 Å². The monoisotopic (exact) mass is 424 g/mol. The zero-order valence-electron chi connectivity index (χ0n) is 16.6. The predicted octanol–water partition coefficient (Wildman–Crippen LogP) is 1.56. The standard InChI is InChI=1S/C21H24N6O2S/c28-14-13-25-9-11-26(12-10-25)19(29)16-30-21-24-23-20(17-5-4-8-22-15-17)27(21)18-6-2-1-3-7-18/h1-8,15,28H,9-14,16H2. The van der Waals surface area contributed by atoms with Crippen molar-refractivity contribution in [2.45, 2.75) is 5.16 Å². The van der Waals surface area contributed by atoms with Crippen LogP contribution < -0.4 is 0 Å². The summed E-state index contributed by atoms with van der Waals surface area (Å²) in [5.74, 6) is 1.09. The van der Waals surface area contributed by atoms with Crippen LogP contribution in [-0.4, -0.2) is 85.6 Å². The molecule has 2 aromatic heterocycles. The van der Waals surface area contributed by atoms with E-state index in [4.69, 9.17) is 5.11 Å². The van der Waals surface area contributed by atoms with Gasteiger partial charge in [-0.15, -0.1) is 10.2 Å². The Labute approximate surface area is 179 Å². The number of rotatable bonds is 7. The van der Waals surface area contributed by atoms with E-state index >= 15 is 0 Å². The Morgan fingerprint density at radius 2 is 1.83 bits per heavy atom. The molecule has 1 amide bonds. The summed E-state index contributed by atoms with van der Waals surface area (Å²) in [6, 6.07) is 13.7. The smallest absolute Gasteiger partial charge is 0.233 e. The molecule has 0 radical (unpaired) electrons. The molecule has 1 aliphatic heterocycles. The number of thioether (sulfide) groups is 1. The van der Waals surface area contributed by atoms with Gasteiger partial charge in [-0.05, 0) is 24.3 Å². The first-order valence-electron chi connectivity index (χ1n) is 9.91. The Kier molecular flexibility index (Phi) is 6.73. The number of hydrogen-bond acceptors (Lipinski definition) is 7. The van der Waals surface area contributed by atoms with Gasteiger partial charge >= 0.3 is 0 Å². The van der Waals surface area contributed by atoms with Gasteiger partial charge in [-0.2, -0.15) is 0 Å². The van der Waals surface area contributed by atoms with Gasteiger partial charge in [-0.1, -0.05) is 30.0 Å². The number of hydrogen-bond donors (Lipinski definition) is 1. The van der Waals surface area contributed by atoms with Crippen molar-refractivity contribution in [2.24, 2.45) is 0 Å². The first-order valence-corrected chi connectivity index (χ1v) is 10.9. The topological polar surface area (TPSA) is 87.4 Å². The number of nitrogens with zero attached hydrogens (tertiary/aromatic N) is 6. The second-order valence-corrected chi connectivity index (χ2v) is 7.90. The first kappa shape index (κ1) is 20.5. The normalized spacial score (nSPS) is 14.8. The minimum atomic E-state index is 0.0918. The molecule has 8 nitrogen and oxygen atoms in total. The molecule has 1 N–H and O–H groups in total. The average molecular weight is 425 g/mol. The number of aliphatic hydroxyl groups excluding tert-OH is 1. The fourth-order valence-electron chi connectivity index (χ4n) is 3.44. The summed E-state index contributed by atoms with van der Waals surface area (Å²) in [5.41, 5.74) is 1.81. The highest BCUT2D eigenvalue weighted by Gasteiger charge is 2.22. The third-order valence-corrected chi connectivity index (χ3v) is 5.95. The molecule has 30 heavy (non-hydrogen) atoms. The molecular formula is C21H24N6O2S. The maximum absolute atomic E-state index is 12.7. The summed E-state index contributed by atoms with van der Waals surface area (Å²) in [5, 5.41) is 18.5. The Hall–Kier alpha value is -2.75. The van der Waals surface area contributed by atoms with Gasteiger partial charge in [0.25, 0.3) is 0 Å². The van der Waals surface area contributed by atoms with E-state index in [1.807, 2.05) is 51.9 Å². The van der Waals surface area contributed by atoms with Crippen LogP contribution in [0.15, 0.2) is 60.0 Å². The summed E-state index contributed by atoms with van der Waals surface area (Å²) in [6.45, 7) is 3.77. The fourth-order valence-corrected chi connectivity index (χ4v) is 4.29. The highest BCUT2D eigenvalue weighted by atomic mass is 32.2. The third-order valence-electron chi connectivity index (χ3n) is 5.03. The molecule has 4 rings (SSSR count). The lowest BCUT2D eigenvalue weighted by Gasteiger charge is -2.34. The van der Waals surface area contributed by atoms with E-state index in [1.54, 1.807) is 12.4 Å². The number of carbonyl (C=O) groups is 1. The molecule has 0 saturated carbocycles. The summed E-state index contributed by atoms with van der Waals surface area (Å²) < 4.78 is 1.97. The molecule has 1 saturated heterocycles. The third kappa shape index (κ3) is 4.69. The Morgan fingerprint density at radius 3 is 2.53 bits per heavy atom. The largest absolute Gasteiger partial charge is 0.395 e. The van der Waals surface area contributed by atoms with Crippen molar-refractivity contribution in [1.82, 2.24) is 29.5 Å². The van der Waals surface area contributed by atoms with Gasteiger partial charge in [0.05, 0.1) is 12.4 Å². The van der Waals surface area contributed by atoms with Crippen molar-refractivity contribution in [1.29, 1.82) is 0 Å². The van der Waals surface area contributed by atoms with Crippen LogP contribution in [0.25, 0.3) is 17.1 Å². The molecule has 0 spiro atoms. The molecule has 1 aliphatic rings. The molecule has 9 heteroatoms. The van der Waals surface area contributed by atoms with Crippen LogP contribution >= 0.6 is 11.8 Å². The second kappa shape index (κ2) is 9.84. The lowest BCUT2D eigenvalue weighted by atomic mass is 10.2. The number of carbonyl (C=O) groups excluding carboxylic acids is 1. The van der Waals surface area contributed by atoms with E-state index < -0.39 is 0 Å². The molecule has 1 aromatic carbocycles. The van der Waals surface area contributed by atoms with Crippen molar-refractivity contribution >= 4 is 17.7 Å². The van der Waals surface area contributed by atoms with Gasteiger partial charge in [0.1, 0.15) is 0 Å². The predicted molar refractivity (Wildman–Crippen MR) is 115 cm³/mol. The second-order valence-electron chi connectivity index (χ2n) is 6.95. The highest BCUT2D eigenvalue weighted by molar-refractivity contribution is 7.99.